The summed E-state index contributed by atoms with van der Waals surface area (Å²) in [6, 6.07) is 27.7. The molecule has 160 valence electrons. The molecule has 0 atom stereocenters. The van der Waals surface area contributed by atoms with Gasteiger partial charge in [0.25, 0.3) is 5.91 Å². The lowest BCUT2D eigenvalue weighted by Gasteiger charge is -2.34. The van der Waals surface area contributed by atoms with Crippen LogP contribution in [-0.4, -0.2) is 49.0 Å². The second kappa shape index (κ2) is 8.81. The molecule has 2 heterocycles. The number of benzene rings is 3. The molecule has 1 aliphatic heterocycles. The predicted octanol–water partition coefficient (Wildman–Crippen LogP) is 4.91. The number of pyridine rings is 1. The van der Waals surface area contributed by atoms with Crippen LogP contribution < -0.4 is 10.2 Å². The summed E-state index contributed by atoms with van der Waals surface area (Å²) >= 11 is 0. The highest BCUT2D eigenvalue weighted by Crippen LogP contribution is 2.26. The lowest BCUT2D eigenvalue weighted by molar-refractivity contribution is 0.102. The molecular formula is C27H26N4O. The third-order valence-corrected chi connectivity index (χ3v) is 6.02. The molecule has 1 aliphatic rings. The topological polar surface area (TPSA) is 48.5 Å². The molecule has 5 rings (SSSR count). The van der Waals surface area contributed by atoms with Crippen molar-refractivity contribution < 1.29 is 4.79 Å². The maximum atomic E-state index is 13.3. The smallest absolute Gasteiger partial charge is 0.256 e. The van der Waals surface area contributed by atoms with E-state index in [2.05, 4.69) is 34.3 Å². The summed E-state index contributed by atoms with van der Waals surface area (Å²) in [6.07, 6.45) is 0. The molecule has 5 nitrogen and oxygen atoms in total. The van der Waals surface area contributed by atoms with Crippen LogP contribution >= 0.6 is 0 Å². The minimum Gasteiger partial charge on any atom is -0.369 e. The maximum Gasteiger partial charge on any atom is 0.256 e. The summed E-state index contributed by atoms with van der Waals surface area (Å²) in [5, 5.41) is 3.92. The number of fused-ring (bicyclic) bond motifs is 1. The van der Waals surface area contributed by atoms with Crippen LogP contribution in [0.5, 0.6) is 0 Å². The van der Waals surface area contributed by atoms with E-state index < -0.39 is 0 Å². The molecule has 1 fully saturated rings. The quantitative estimate of drug-likeness (QED) is 0.508. The number of nitrogens with zero attached hydrogens (tertiary/aromatic N) is 3. The number of piperazine rings is 1. The van der Waals surface area contributed by atoms with E-state index in [1.807, 2.05) is 72.8 Å². The highest BCUT2D eigenvalue weighted by Gasteiger charge is 2.16. The van der Waals surface area contributed by atoms with Gasteiger partial charge in [0.05, 0.1) is 16.8 Å². The molecule has 4 aromatic rings. The largest absolute Gasteiger partial charge is 0.369 e. The van der Waals surface area contributed by atoms with Crippen molar-refractivity contribution in [2.75, 3.05) is 43.4 Å². The van der Waals surface area contributed by atoms with Gasteiger partial charge in [-0.2, -0.15) is 0 Å². The third kappa shape index (κ3) is 4.20. The van der Waals surface area contributed by atoms with Gasteiger partial charge in [0.1, 0.15) is 0 Å². The van der Waals surface area contributed by atoms with E-state index in [-0.39, 0.29) is 5.91 Å². The van der Waals surface area contributed by atoms with Gasteiger partial charge in [-0.3, -0.25) is 4.79 Å². The number of nitrogens with one attached hydrogen (secondary N) is 1. The van der Waals surface area contributed by atoms with Gasteiger partial charge in [0.2, 0.25) is 0 Å². The molecule has 1 amide bonds. The first kappa shape index (κ1) is 20.2. The predicted molar refractivity (Wildman–Crippen MR) is 131 cm³/mol. The Hall–Kier alpha value is -3.70. The number of rotatable bonds is 4. The Bertz CT molecular complexity index is 1230. The van der Waals surface area contributed by atoms with E-state index in [1.54, 1.807) is 0 Å². The third-order valence-electron chi connectivity index (χ3n) is 6.02. The second-order valence-electron chi connectivity index (χ2n) is 8.23. The van der Waals surface area contributed by atoms with E-state index in [4.69, 9.17) is 4.98 Å². The van der Waals surface area contributed by atoms with Crippen molar-refractivity contribution in [1.82, 2.24) is 9.88 Å². The van der Waals surface area contributed by atoms with Gasteiger partial charge < -0.3 is 15.1 Å². The van der Waals surface area contributed by atoms with Crippen LogP contribution in [0, 0.1) is 0 Å². The van der Waals surface area contributed by atoms with Crippen LogP contribution in [0.25, 0.3) is 22.2 Å². The Kier molecular flexibility index (Phi) is 5.57. The molecule has 32 heavy (non-hydrogen) atoms. The average Bonchev–Trinajstić information content (AvgIpc) is 2.85. The number of carbonyl (C=O) groups excluding carboxylic acids is 1. The fraction of sp³-hybridized carbons (Fsp3) is 0.185. The zero-order valence-corrected chi connectivity index (χ0v) is 18.2. The van der Waals surface area contributed by atoms with Gasteiger partial charge in [-0.25, -0.2) is 4.98 Å². The minimum atomic E-state index is -0.131. The molecule has 0 spiro atoms. The minimum absolute atomic E-state index is 0.131. The Morgan fingerprint density at radius 3 is 2.28 bits per heavy atom. The van der Waals surface area contributed by atoms with Crippen LogP contribution in [0.3, 0.4) is 0 Å². The van der Waals surface area contributed by atoms with Crippen LogP contribution in [0.2, 0.25) is 0 Å². The monoisotopic (exact) mass is 422 g/mol. The second-order valence-corrected chi connectivity index (χ2v) is 8.23. The molecule has 5 heteroatoms. The van der Waals surface area contributed by atoms with Crippen LogP contribution in [-0.2, 0) is 0 Å². The van der Waals surface area contributed by atoms with Crippen molar-refractivity contribution in [2.24, 2.45) is 0 Å². The van der Waals surface area contributed by atoms with Crippen molar-refractivity contribution in [2.45, 2.75) is 0 Å². The fourth-order valence-electron chi connectivity index (χ4n) is 4.14. The number of amides is 1. The van der Waals surface area contributed by atoms with E-state index in [1.165, 1.54) is 5.69 Å². The van der Waals surface area contributed by atoms with E-state index in [0.717, 1.165) is 54.0 Å². The number of para-hydroxylation sites is 1. The zero-order chi connectivity index (χ0) is 21.9. The molecule has 1 N–H and O–H groups in total. The molecule has 1 saturated heterocycles. The average molecular weight is 423 g/mol. The molecule has 1 aromatic heterocycles. The van der Waals surface area contributed by atoms with Gasteiger partial charge in [0.15, 0.2) is 0 Å². The molecule has 0 unspecified atom stereocenters. The summed E-state index contributed by atoms with van der Waals surface area (Å²) in [6.45, 7) is 4.18. The van der Waals surface area contributed by atoms with Crippen LogP contribution in [0.4, 0.5) is 11.4 Å². The van der Waals surface area contributed by atoms with Gasteiger partial charge in [0, 0.05) is 48.5 Å². The Morgan fingerprint density at radius 2 is 1.53 bits per heavy atom. The van der Waals surface area contributed by atoms with Crippen LogP contribution in [0.15, 0.2) is 84.9 Å². The first-order chi connectivity index (χ1) is 15.7. The number of hydrogen-bond acceptors (Lipinski definition) is 4. The number of aromatic nitrogens is 1. The summed E-state index contributed by atoms with van der Waals surface area (Å²) in [5.74, 6) is -0.131. The van der Waals surface area contributed by atoms with Crippen molar-refractivity contribution in [3.63, 3.8) is 0 Å². The Labute approximate surface area is 188 Å². The van der Waals surface area contributed by atoms with Crippen molar-refractivity contribution in [1.29, 1.82) is 0 Å². The number of carbonyl (C=O) groups is 1. The normalized spacial score (nSPS) is 14.5. The first-order valence-corrected chi connectivity index (χ1v) is 11.0. The van der Waals surface area contributed by atoms with Gasteiger partial charge in [-0.05, 0) is 43.4 Å². The molecule has 0 saturated carbocycles. The molecule has 0 bridgehead atoms. The highest BCUT2D eigenvalue weighted by molar-refractivity contribution is 6.13. The van der Waals surface area contributed by atoms with Crippen LogP contribution in [0.1, 0.15) is 10.4 Å². The lowest BCUT2D eigenvalue weighted by atomic mass is 10.0. The highest BCUT2D eigenvalue weighted by atomic mass is 16.1. The molecular weight excluding hydrogens is 396 g/mol. The lowest BCUT2D eigenvalue weighted by Crippen LogP contribution is -2.44. The summed E-state index contributed by atoms with van der Waals surface area (Å²) in [5.41, 5.74) is 5.19. The fourth-order valence-corrected chi connectivity index (χ4v) is 4.14. The van der Waals surface area contributed by atoms with E-state index in [9.17, 15) is 4.79 Å². The summed E-state index contributed by atoms with van der Waals surface area (Å²) < 4.78 is 0. The van der Waals surface area contributed by atoms with Crippen molar-refractivity contribution >= 4 is 28.2 Å². The first-order valence-electron chi connectivity index (χ1n) is 11.0. The SMILES string of the molecule is CN1CCN(c2ccc(NC(=O)c3cc(-c4ccccc4)nc4ccccc34)cc2)CC1. The van der Waals surface area contributed by atoms with Gasteiger partial charge >= 0.3 is 0 Å². The van der Waals surface area contributed by atoms with E-state index in [0.29, 0.717) is 5.56 Å². The summed E-state index contributed by atoms with van der Waals surface area (Å²) in [7, 11) is 2.15. The molecule has 0 aliphatic carbocycles. The number of likely N-dealkylation sites (N-methyl/N-ethyl adjacent to an activating group) is 1. The molecule has 0 radical (unpaired) electrons. The number of hydrogen-bond donors (Lipinski definition) is 1. The van der Waals surface area contributed by atoms with Gasteiger partial charge in [-0.15, -0.1) is 0 Å². The van der Waals surface area contributed by atoms with Crippen molar-refractivity contribution in [3.05, 3.63) is 90.5 Å². The summed E-state index contributed by atoms with van der Waals surface area (Å²) in [4.78, 5) is 22.8. The molecule has 3 aromatic carbocycles. The van der Waals surface area contributed by atoms with Crippen molar-refractivity contribution in [3.8, 4) is 11.3 Å². The zero-order valence-electron chi connectivity index (χ0n) is 18.2. The standard InChI is InChI=1S/C27H26N4O/c1-30-15-17-31(18-16-30)22-13-11-21(12-14-22)28-27(32)24-19-26(20-7-3-2-4-8-20)29-25-10-6-5-9-23(24)25/h2-14,19H,15-18H2,1H3,(H,28,32). The van der Waals surface area contributed by atoms with Gasteiger partial charge in [-0.1, -0.05) is 48.5 Å². The van der Waals surface area contributed by atoms with E-state index >= 15 is 0 Å². The Balaban J connectivity index is 1.41. The maximum absolute atomic E-state index is 13.3. The number of anilines is 2. The Morgan fingerprint density at radius 1 is 0.844 bits per heavy atom.